The van der Waals surface area contributed by atoms with Gasteiger partial charge in [-0.15, -0.1) is 6.58 Å². The lowest BCUT2D eigenvalue weighted by atomic mass is 10.00. The number of carbonyl (C=O) groups excluding carboxylic acids is 3. The van der Waals surface area contributed by atoms with Crippen molar-refractivity contribution < 1.29 is 19.2 Å². The van der Waals surface area contributed by atoms with Crippen LogP contribution >= 0.6 is 0 Å². The lowest BCUT2D eigenvalue weighted by Gasteiger charge is -1.99. The number of hydrogen-bond acceptors (Lipinski definition) is 3. The molecule has 0 fully saturated rings. The van der Waals surface area contributed by atoms with Gasteiger partial charge in [-0.3, -0.25) is 14.4 Å². The zero-order chi connectivity index (χ0) is 16.4. The van der Waals surface area contributed by atoms with Gasteiger partial charge in [-0.25, -0.2) is 0 Å². The number of nitrogens with zero attached hydrogens (tertiary/aromatic N) is 2. The van der Waals surface area contributed by atoms with Crippen LogP contribution in [0.4, 0.5) is 0 Å². The Bertz CT molecular complexity index is 614. The molecule has 0 aliphatic heterocycles. The molecule has 0 bridgehead atoms. The van der Waals surface area contributed by atoms with Crippen molar-refractivity contribution >= 4 is 23.1 Å². The SMILES string of the molecule is C=CCCCC(=O)C(=[N+]=[N-])C(=O)CCC(=O)c1ccccc1. The molecule has 0 unspecified atom stereocenters. The molecule has 0 aromatic heterocycles. The van der Waals surface area contributed by atoms with Gasteiger partial charge in [-0.2, -0.15) is 4.79 Å². The Morgan fingerprint density at radius 2 is 1.68 bits per heavy atom. The van der Waals surface area contributed by atoms with Crippen LogP contribution in [0.25, 0.3) is 5.53 Å². The average molecular weight is 298 g/mol. The Hall–Kier alpha value is -2.65. The van der Waals surface area contributed by atoms with E-state index in [1.54, 1.807) is 36.4 Å². The molecule has 114 valence electrons. The summed E-state index contributed by atoms with van der Waals surface area (Å²) in [6.45, 7) is 3.54. The van der Waals surface area contributed by atoms with Gasteiger partial charge in [-0.1, -0.05) is 36.4 Å². The van der Waals surface area contributed by atoms with Crippen molar-refractivity contribution in [1.29, 1.82) is 0 Å². The van der Waals surface area contributed by atoms with Crippen LogP contribution in [-0.2, 0) is 9.59 Å². The van der Waals surface area contributed by atoms with E-state index in [9.17, 15) is 14.4 Å². The Morgan fingerprint density at radius 3 is 2.27 bits per heavy atom. The molecular formula is C17H18N2O3. The van der Waals surface area contributed by atoms with E-state index in [-0.39, 0.29) is 25.0 Å². The van der Waals surface area contributed by atoms with Crippen molar-refractivity contribution in [3.63, 3.8) is 0 Å². The van der Waals surface area contributed by atoms with Crippen LogP contribution in [0.3, 0.4) is 0 Å². The monoisotopic (exact) mass is 298 g/mol. The Kier molecular flexibility index (Phi) is 7.37. The largest absolute Gasteiger partial charge is 0.400 e. The summed E-state index contributed by atoms with van der Waals surface area (Å²) in [7, 11) is 0. The minimum absolute atomic E-state index is 0.0260. The number of ketones is 3. The highest BCUT2D eigenvalue weighted by molar-refractivity contribution is 6.64. The van der Waals surface area contributed by atoms with Gasteiger partial charge < -0.3 is 5.53 Å². The Balaban J connectivity index is 2.56. The molecule has 0 atom stereocenters. The maximum Gasteiger partial charge on any atom is 0.400 e. The summed E-state index contributed by atoms with van der Waals surface area (Å²) >= 11 is 0. The molecule has 5 nitrogen and oxygen atoms in total. The van der Waals surface area contributed by atoms with Crippen LogP contribution in [-0.4, -0.2) is 27.9 Å². The fraction of sp³-hybridized carbons (Fsp3) is 0.294. The van der Waals surface area contributed by atoms with E-state index in [0.717, 1.165) is 0 Å². The van der Waals surface area contributed by atoms with Crippen LogP contribution in [0.1, 0.15) is 42.5 Å². The minimum Gasteiger partial charge on any atom is -0.360 e. The fourth-order valence-electron chi connectivity index (χ4n) is 1.91. The summed E-state index contributed by atoms with van der Waals surface area (Å²) in [6, 6.07) is 8.58. The normalized spacial score (nSPS) is 9.64. The lowest BCUT2D eigenvalue weighted by molar-refractivity contribution is -0.124. The summed E-state index contributed by atoms with van der Waals surface area (Å²) in [6.07, 6.45) is 2.79. The maximum absolute atomic E-state index is 11.9. The standard InChI is InChI=1S/C17H18N2O3/c1-2-3-5-10-15(21)17(19-18)16(22)12-11-14(20)13-8-6-4-7-9-13/h2,4,6-9H,1,3,5,10-12H2. The molecule has 0 radical (unpaired) electrons. The summed E-state index contributed by atoms with van der Waals surface area (Å²) in [5.74, 6) is -1.32. The Labute approximate surface area is 129 Å². The number of benzene rings is 1. The van der Waals surface area contributed by atoms with Crippen LogP contribution in [0.2, 0.25) is 0 Å². The van der Waals surface area contributed by atoms with E-state index in [0.29, 0.717) is 18.4 Å². The molecule has 0 heterocycles. The molecule has 5 heteroatoms. The third kappa shape index (κ3) is 5.38. The average Bonchev–Trinajstić information content (AvgIpc) is 2.54. The van der Waals surface area contributed by atoms with E-state index < -0.39 is 17.3 Å². The molecule has 22 heavy (non-hydrogen) atoms. The summed E-state index contributed by atoms with van der Waals surface area (Å²) in [5.41, 5.74) is 8.87. The van der Waals surface area contributed by atoms with Crippen molar-refractivity contribution in [2.75, 3.05) is 0 Å². The number of rotatable bonds is 10. The Morgan fingerprint density at radius 1 is 1.05 bits per heavy atom. The molecule has 0 spiro atoms. The molecule has 1 rings (SSSR count). The molecule has 0 saturated heterocycles. The second kappa shape index (κ2) is 9.32. The van der Waals surface area contributed by atoms with E-state index in [1.807, 2.05) is 0 Å². The molecule has 1 aromatic rings. The van der Waals surface area contributed by atoms with Crippen molar-refractivity contribution in [2.24, 2.45) is 0 Å². The quantitative estimate of drug-likeness (QED) is 0.126. The fourth-order valence-corrected chi connectivity index (χ4v) is 1.91. The van der Waals surface area contributed by atoms with E-state index >= 15 is 0 Å². The number of unbranched alkanes of at least 4 members (excludes halogenated alkanes) is 1. The first kappa shape index (κ1) is 17.4. The first-order valence-electron chi connectivity index (χ1n) is 7.07. The zero-order valence-corrected chi connectivity index (χ0v) is 12.3. The number of Topliss-reactive ketones (excluding diaryl/α,β-unsaturated/α-hetero) is 3. The highest BCUT2D eigenvalue weighted by Gasteiger charge is 2.28. The summed E-state index contributed by atoms with van der Waals surface area (Å²) < 4.78 is 0. The van der Waals surface area contributed by atoms with Gasteiger partial charge in [0.25, 0.3) is 0 Å². The topological polar surface area (TPSA) is 87.6 Å². The van der Waals surface area contributed by atoms with Gasteiger partial charge >= 0.3 is 5.71 Å². The number of carbonyl (C=O) groups is 3. The smallest absolute Gasteiger partial charge is 0.360 e. The predicted octanol–water partition coefficient (Wildman–Crippen LogP) is 2.81. The van der Waals surface area contributed by atoms with Crippen molar-refractivity contribution in [3.8, 4) is 0 Å². The van der Waals surface area contributed by atoms with Crippen molar-refractivity contribution in [3.05, 3.63) is 54.1 Å². The first-order chi connectivity index (χ1) is 10.6. The zero-order valence-electron chi connectivity index (χ0n) is 12.3. The van der Waals surface area contributed by atoms with Gasteiger partial charge in [-0.05, 0) is 12.8 Å². The number of allylic oxidation sites excluding steroid dienone is 1. The first-order valence-corrected chi connectivity index (χ1v) is 7.07. The van der Waals surface area contributed by atoms with Crippen LogP contribution in [0, 0.1) is 0 Å². The van der Waals surface area contributed by atoms with E-state index in [4.69, 9.17) is 5.53 Å². The second-order valence-electron chi connectivity index (χ2n) is 4.77. The van der Waals surface area contributed by atoms with Gasteiger partial charge in [0, 0.05) is 24.8 Å². The predicted molar refractivity (Wildman–Crippen MR) is 82.7 cm³/mol. The number of hydrogen-bond donors (Lipinski definition) is 0. The summed E-state index contributed by atoms with van der Waals surface area (Å²) in [4.78, 5) is 38.4. The van der Waals surface area contributed by atoms with Crippen LogP contribution in [0.15, 0.2) is 43.0 Å². The molecule has 0 aliphatic rings. The molecule has 1 aromatic carbocycles. The van der Waals surface area contributed by atoms with Crippen molar-refractivity contribution in [1.82, 2.24) is 0 Å². The van der Waals surface area contributed by atoms with Gasteiger partial charge in [0.05, 0.1) is 0 Å². The van der Waals surface area contributed by atoms with Crippen LogP contribution < -0.4 is 0 Å². The molecule has 0 amide bonds. The van der Waals surface area contributed by atoms with Gasteiger partial charge in [0.1, 0.15) is 0 Å². The highest BCUT2D eigenvalue weighted by Crippen LogP contribution is 2.07. The second-order valence-corrected chi connectivity index (χ2v) is 4.77. The summed E-state index contributed by atoms with van der Waals surface area (Å²) in [5, 5.41) is 0. The van der Waals surface area contributed by atoms with E-state index in [1.165, 1.54) is 0 Å². The minimum atomic E-state index is -0.615. The van der Waals surface area contributed by atoms with Gasteiger partial charge in [0.2, 0.25) is 11.6 Å². The van der Waals surface area contributed by atoms with Gasteiger partial charge in [0.15, 0.2) is 5.78 Å². The van der Waals surface area contributed by atoms with Crippen LogP contribution in [0.5, 0.6) is 0 Å². The molecule has 0 N–H and O–H groups in total. The third-order valence-electron chi connectivity index (χ3n) is 3.12. The maximum atomic E-state index is 11.9. The van der Waals surface area contributed by atoms with Crippen molar-refractivity contribution in [2.45, 2.75) is 32.1 Å². The molecule has 0 saturated carbocycles. The highest BCUT2D eigenvalue weighted by atomic mass is 16.2. The molecular weight excluding hydrogens is 280 g/mol. The van der Waals surface area contributed by atoms with E-state index in [2.05, 4.69) is 11.4 Å². The third-order valence-corrected chi connectivity index (χ3v) is 3.12. The molecule has 0 aliphatic carbocycles. The lowest BCUT2D eigenvalue weighted by Crippen LogP contribution is -2.25.